The molecule has 5 nitrogen and oxygen atoms in total. The van der Waals surface area contributed by atoms with Gasteiger partial charge >= 0.3 is 0 Å². The Kier molecular flexibility index (Phi) is 6.19. The van der Waals surface area contributed by atoms with E-state index in [2.05, 4.69) is 5.32 Å². The molecule has 2 rings (SSSR count). The van der Waals surface area contributed by atoms with Crippen LogP contribution >= 0.6 is 12.4 Å². The first kappa shape index (κ1) is 14.7. The molecule has 2 aliphatic heterocycles. The van der Waals surface area contributed by atoms with Gasteiger partial charge in [0.25, 0.3) is 0 Å². The number of hydrogen-bond acceptors (Lipinski definition) is 4. The van der Waals surface area contributed by atoms with E-state index in [0.717, 1.165) is 32.7 Å². The van der Waals surface area contributed by atoms with Gasteiger partial charge in [-0.15, -0.1) is 12.4 Å². The van der Waals surface area contributed by atoms with Crippen LogP contribution in [-0.4, -0.2) is 62.9 Å². The Balaban J connectivity index is 0.00000144. The second kappa shape index (κ2) is 7.16. The SMILES string of the molecule is CO[C@@H]1CCN(C(=O)CC2COCCN2)C1.Cl. The first-order valence-electron chi connectivity index (χ1n) is 5.91. The molecular formula is C11H21ClN2O3. The van der Waals surface area contributed by atoms with Gasteiger partial charge in [-0.1, -0.05) is 0 Å². The van der Waals surface area contributed by atoms with Crippen molar-refractivity contribution in [2.24, 2.45) is 0 Å². The van der Waals surface area contributed by atoms with Crippen molar-refractivity contribution in [3.05, 3.63) is 0 Å². The van der Waals surface area contributed by atoms with Crippen molar-refractivity contribution in [2.45, 2.75) is 25.0 Å². The summed E-state index contributed by atoms with van der Waals surface area (Å²) in [5.41, 5.74) is 0. The van der Waals surface area contributed by atoms with Gasteiger partial charge in [0.15, 0.2) is 0 Å². The normalized spacial score (nSPS) is 28.9. The number of nitrogens with zero attached hydrogens (tertiary/aromatic N) is 1. The quantitative estimate of drug-likeness (QED) is 0.782. The summed E-state index contributed by atoms with van der Waals surface area (Å²) in [5, 5.41) is 3.29. The molecule has 0 spiro atoms. The van der Waals surface area contributed by atoms with Crippen LogP contribution in [0.5, 0.6) is 0 Å². The second-order valence-corrected chi connectivity index (χ2v) is 4.42. The molecule has 1 N–H and O–H groups in total. The fraction of sp³-hybridized carbons (Fsp3) is 0.909. The van der Waals surface area contributed by atoms with E-state index in [1.165, 1.54) is 0 Å². The molecule has 2 aliphatic rings. The van der Waals surface area contributed by atoms with Gasteiger partial charge in [-0.25, -0.2) is 0 Å². The fourth-order valence-electron chi connectivity index (χ4n) is 2.24. The van der Waals surface area contributed by atoms with Crippen LogP contribution < -0.4 is 5.32 Å². The molecule has 1 unspecified atom stereocenters. The van der Waals surface area contributed by atoms with Crippen LogP contribution in [0.2, 0.25) is 0 Å². The van der Waals surface area contributed by atoms with E-state index >= 15 is 0 Å². The molecule has 0 aliphatic carbocycles. The van der Waals surface area contributed by atoms with E-state index in [-0.39, 0.29) is 30.5 Å². The molecule has 0 saturated carbocycles. The van der Waals surface area contributed by atoms with Crippen molar-refractivity contribution in [1.82, 2.24) is 10.2 Å². The van der Waals surface area contributed by atoms with E-state index in [1.807, 2.05) is 4.90 Å². The zero-order valence-corrected chi connectivity index (χ0v) is 11.0. The number of carbonyl (C=O) groups excluding carboxylic acids is 1. The Bertz CT molecular complexity index is 247. The summed E-state index contributed by atoms with van der Waals surface area (Å²) >= 11 is 0. The number of rotatable bonds is 3. The van der Waals surface area contributed by atoms with Gasteiger partial charge in [-0.3, -0.25) is 4.79 Å². The zero-order chi connectivity index (χ0) is 11.4. The molecule has 0 aromatic heterocycles. The minimum atomic E-state index is 0. The minimum Gasteiger partial charge on any atom is -0.380 e. The molecule has 2 saturated heterocycles. The van der Waals surface area contributed by atoms with Gasteiger partial charge in [0, 0.05) is 39.2 Å². The highest BCUT2D eigenvalue weighted by molar-refractivity contribution is 5.85. The van der Waals surface area contributed by atoms with E-state index in [9.17, 15) is 4.79 Å². The number of amides is 1. The summed E-state index contributed by atoms with van der Waals surface area (Å²) < 4.78 is 10.6. The van der Waals surface area contributed by atoms with Gasteiger partial charge in [-0.05, 0) is 6.42 Å². The molecule has 0 aromatic rings. The van der Waals surface area contributed by atoms with Gasteiger partial charge in [-0.2, -0.15) is 0 Å². The maximum absolute atomic E-state index is 11.9. The Labute approximate surface area is 108 Å². The second-order valence-electron chi connectivity index (χ2n) is 4.42. The Hall–Kier alpha value is -0.360. The maximum Gasteiger partial charge on any atom is 0.224 e. The molecule has 2 heterocycles. The molecule has 2 fully saturated rings. The predicted molar refractivity (Wildman–Crippen MR) is 66.5 cm³/mol. The van der Waals surface area contributed by atoms with Gasteiger partial charge in [0.2, 0.25) is 5.91 Å². The van der Waals surface area contributed by atoms with Crippen molar-refractivity contribution in [2.75, 3.05) is 40.0 Å². The first-order valence-corrected chi connectivity index (χ1v) is 5.91. The standard InChI is InChI=1S/C11H20N2O3.ClH/c1-15-10-2-4-13(7-10)11(14)6-9-8-16-5-3-12-9;/h9-10,12H,2-8H2,1H3;1H/t9?,10-;/m1./s1. The van der Waals surface area contributed by atoms with Gasteiger partial charge in [0.05, 0.1) is 19.3 Å². The Morgan fingerprint density at radius 2 is 2.41 bits per heavy atom. The zero-order valence-electron chi connectivity index (χ0n) is 10.2. The predicted octanol–water partition coefficient (Wildman–Crippen LogP) is 0.0340. The lowest BCUT2D eigenvalue weighted by molar-refractivity contribution is -0.131. The van der Waals surface area contributed by atoms with E-state index in [4.69, 9.17) is 9.47 Å². The number of nitrogens with one attached hydrogen (secondary N) is 1. The summed E-state index contributed by atoms with van der Waals surface area (Å²) in [6.45, 7) is 3.81. The topological polar surface area (TPSA) is 50.8 Å². The molecule has 6 heteroatoms. The van der Waals surface area contributed by atoms with Crippen LogP contribution in [-0.2, 0) is 14.3 Å². The summed E-state index contributed by atoms with van der Waals surface area (Å²) in [6.07, 6.45) is 1.72. The van der Waals surface area contributed by atoms with Crippen molar-refractivity contribution >= 4 is 18.3 Å². The van der Waals surface area contributed by atoms with Gasteiger partial charge in [0.1, 0.15) is 0 Å². The lowest BCUT2D eigenvalue weighted by Crippen LogP contribution is -2.44. The lowest BCUT2D eigenvalue weighted by atomic mass is 10.2. The first-order chi connectivity index (χ1) is 7.79. The summed E-state index contributed by atoms with van der Waals surface area (Å²) in [6, 6.07) is 0.183. The van der Waals surface area contributed by atoms with E-state index in [0.29, 0.717) is 13.0 Å². The molecule has 2 atom stereocenters. The summed E-state index contributed by atoms with van der Waals surface area (Å²) in [4.78, 5) is 13.8. The number of morpholine rings is 1. The van der Waals surface area contributed by atoms with Crippen LogP contribution in [0.15, 0.2) is 0 Å². The fourth-order valence-corrected chi connectivity index (χ4v) is 2.24. The van der Waals surface area contributed by atoms with Crippen LogP contribution in [0, 0.1) is 0 Å². The van der Waals surface area contributed by atoms with Crippen LogP contribution in [0.3, 0.4) is 0 Å². The monoisotopic (exact) mass is 264 g/mol. The molecule has 1 amide bonds. The third-order valence-electron chi connectivity index (χ3n) is 3.25. The Morgan fingerprint density at radius 1 is 1.59 bits per heavy atom. The molecule has 100 valence electrons. The van der Waals surface area contributed by atoms with E-state index < -0.39 is 0 Å². The van der Waals surface area contributed by atoms with E-state index in [1.54, 1.807) is 7.11 Å². The Morgan fingerprint density at radius 3 is 3.00 bits per heavy atom. The number of ether oxygens (including phenoxy) is 2. The third-order valence-corrected chi connectivity index (χ3v) is 3.25. The number of carbonyl (C=O) groups is 1. The van der Waals surface area contributed by atoms with Crippen molar-refractivity contribution in [3.8, 4) is 0 Å². The average Bonchev–Trinajstić information content (AvgIpc) is 2.79. The summed E-state index contributed by atoms with van der Waals surface area (Å²) in [5.74, 6) is 0.211. The number of likely N-dealkylation sites (tertiary alicyclic amines) is 1. The molecule has 0 radical (unpaired) electrons. The van der Waals surface area contributed by atoms with Crippen molar-refractivity contribution in [3.63, 3.8) is 0 Å². The highest BCUT2D eigenvalue weighted by Crippen LogP contribution is 2.14. The lowest BCUT2D eigenvalue weighted by Gasteiger charge is -2.25. The molecule has 17 heavy (non-hydrogen) atoms. The number of methoxy groups -OCH3 is 1. The number of hydrogen-bond donors (Lipinski definition) is 1. The van der Waals surface area contributed by atoms with Crippen LogP contribution in [0.1, 0.15) is 12.8 Å². The smallest absolute Gasteiger partial charge is 0.224 e. The van der Waals surface area contributed by atoms with Gasteiger partial charge < -0.3 is 19.7 Å². The summed E-state index contributed by atoms with van der Waals surface area (Å²) in [7, 11) is 1.70. The maximum atomic E-state index is 11.9. The van der Waals surface area contributed by atoms with Crippen molar-refractivity contribution in [1.29, 1.82) is 0 Å². The highest BCUT2D eigenvalue weighted by atomic mass is 35.5. The van der Waals surface area contributed by atoms with Crippen molar-refractivity contribution < 1.29 is 14.3 Å². The molecular weight excluding hydrogens is 244 g/mol. The molecule has 0 aromatic carbocycles. The molecule has 0 bridgehead atoms. The van der Waals surface area contributed by atoms with Crippen LogP contribution in [0.4, 0.5) is 0 Å². The highest BCUT2D eigenvalue weighted by Gasteiger charge is 2.27. The number of halogens is 1. The average molecular weight is 265 g/mol. The largest absolute Gasteiger partial charge is 0.380 e. The minimum absolute atomic E-state index is 0. The van der Waals surface area contributed by atoms with Crippen LogP contribution in [0.25, 0.3) is 0 Å². The third kappa shape index (κ3) is 4.10.